The van der Waals surface area contributed by atoms with Gasteiger partial charge in [0, 0.05) is 0 Å². The zero-order valence-electron chi connectivity index (χ0n) is 9.40. The van der Waals surface area contributed by atoms with Crippen molar-refractivity contribution >= 4 is 11.8 Å². The van der Waals surface area contributed by atoms with Crippen LogP contribution in [-0.4, -0.2) is 11.8 Å². The molecule has 1 aliphatic carbocycles. The van der Waals surface area contributed by atoms with Crippen LogP contribution >= 0.6 is 0 Å². The summed E-state index contributed by atoms with van der Waals surface area (Å²) in [6, 6.07) is 3.44. The molecule has 4 N–H and O–H groups in total. The molecular formula is C11H14N4O2. The second-order valence-electron chi connectivity index (χ2n) is 3.46. The molecule has 17 heavy (non-hydrogen) atoms. The molecule has 90 valence electrons. The van der Waals surface area contributed by atoms with Gasteiger partial charge in [0.15, 0.2) is 0 Å². The van der Waals surface area contributed by atoms with Gasteiger partial charge in [-0.25, -0.2) is 0 Å². The third-order valence-corrected chi connectivity index (χ3v) is 2.17. The lowest BCUT2D eigenvalue weighted by Gasteiger charge is -1.96. The van der Waals surface area contributed by atoms with Crippen molar-refractivity contribution in [3.05, 3.63) is 11.1 Å². The van der Waals surface area contributed by atoms with Gasteiger partial charge >= 0.3 is 0 Å². The summed E-state index contributed by atoms with van der Waals surface area (Å²) in [4.78, 5) is 20.3. The average molecular weight is 234 g/mol. The molecule has 0 saturated heterocycles. The van der Waals surface area contributed by atoms with E-state index in [0.717, 1.165) is 31.3 Å². The van der Waals surface area contributed by atoms with Gasteiger partial charge in [-0.15, -0.1) is 0 Å². The largest absolute Gasteiger partial charge is 0.369 e. The Kier molecular flexibility index (Phi) is 6.80. The van der Waals surface area contributed by atoms with Crippen LogP contribution in [0.2, 0.25) is 0 Å². The van der Waals surface area contributed by atoms with E-state index in [1.807, 2.05) is 6.07 Å². The molecule has 1 saturated carbocycles. The van der Waals surface area contributed by atoms with Crippen molar-refractivity contribution in [2.45, 2.75) is 32.1 Å². The summed E-state index contributed by atoms with van der Waals surface area (Å²) in [5.74, 6) is -1.15. The summed E-state index contributed by atoms with van der Waals surface area (Å²) in [6.45, 7) is 0. The van der Waals surface area contributed by atoms with Crippen molar-refractivity contribution in [1.29, 1.82) is 10.5 Å². The van der Waals surface area contributed by atoms with Crippen LogP contribution in [0.4, 0.5) is 0 Å². The number of carbonyl (C=O) groups excluding carboxylic acids is 2. The predicted molar refractivity (Wildman–Crippen MR) is 59.7 cm³/mol. The number of nitriles is 2. The molecule has 6 heteroatoms. The van der Waals surface area contributed by atoms with Crippen molar-refractivity contribution in [2.24, 2.45) is 11.5 Å². The summed E-state index contributed by atoms with van der Waals surface area (Å²) in [5, 5.41) is 16.2. The van der Waals surface area contributed by atoms with Crippen molar-refractivity contribution in [3.8, 4) is 12.1 Å². The lowest BCUT2D eigenvalue weighted by atomic mass is 10.1. The lowest BCUT2D eigenvalue weighted by Crippen LogP contribution is -2.14. The van der Waals surface area contributed by atoms with E-state index >= 15 is 0 Å². The quantitative estimate of drug-likeness (QED) is 0.523. The smallest absolute Gasteiger partial charge is 0.259 e. The molecule has 0 aromatic rings. The Morgan fingerprint density at radius 3 is 1.94 bits per heavy atom. The Labute approximate surface area is 99.5 Å². The molecule has 0 spiro atoms. The van der Waals surface area contributed by atoms with Crippen LogP contribution in [0.25, 0.3) is 0 Å². The minimum absolute atomic E-state index is 0.181. The number of nitrogens with zero attached hydrogens (tertiary/aromatic N) is 2. The van der Waals surface area contributed by atoms with Crippen LogP contribution in [-0.2, 0) is 9.59 Å². The molecular weight excluding hydrogens is 220 g/mol. The second-order valence-corrected chi connectivity index (χ2v) is 3.46. The normalized spacial score (nSPS) is 12.7. The highest BCUT2D eigenvalue weighted by Gasteiger charge is 2.15. The van der Waals surface area contributed by atoms with Crippen LogP contribution in [0.5, 0.6) is 0 Å². The third-order valence-electron chi connectivity index (χ3n) is 2.17. The van der Waals surface area contributed by atoms with E-state index in [0.29, 0.717) is 0 Å². The van der Waals surface area contributed by atoms with E-state index in [1.165, 1.54) is 0 Å². The second kappa shape index (κ2) is 7.89. The van der Waals surface area contributed by atoms with Gasteiger partial charge in [-0.3, -0.25) is 9.59 Å². The summed E-state index contributed by atoms with van der Waals surface area (Å²) in [6.07, 6.45) is 3.71. The summed E-state index contributed by atoms with van der Waals surface area (Å²) in [7, 11) is 0. The van der Waals surface area contributed by atoms with Crippen LogP contribution in [0.15, 0.2) is 11.1 Å². The highest BCUT2D eigenvalue weighted by Crippen LogP contribution is 2.26. The minimum atomic E-state index is -0.579. The van der Waals surface area contributed by atoms with Crippen LogP contribution in [0, 0.1) is 22.7 Å². The molecule has 1 fully saturated rings. The highest BCUT2D eigenvalue weighted by atomic mass is 16.1. The van der Waals surface area contributed by atoms with Gasteiger partial charge in [0.1, 0.15) is 18.1 Å². The average Bonchev–Trinajstić information content (AvgIpc) is 2.72. The standard InChI is InChI=1S/C8H10N2O.C3H4N2O/c9-5-7(8(10)11)6-3-1-2-4-6;4-2-1-3(5)6/h1-4H2,(H2,10,11);1H2,(H2,5,6). The van der Waals surface area contributed by atoms with E-state index in [2.05, 4.69) is 5.73 Å². The van der Waals surface area contributed by atoms with E-state index < -0.39 is 11.8 Å². The Bertz CT molecular complexity index is 404. The van der Waals surface area contributed by atoms with Gasteiger partial charge in [-0.2, -0.15) is 10.5 Å². The molecule has 0 aromatic heterocycles. The lowest BCUT2D eigenvalue weighted by molar-refractivity contribution is -0.117. The molecule has 1 aliphatic rings. The highest BCUT2D eigenvalue weighted by molar-refractivity contribution is 5.96. The predicted octanol–water partition coefficient (Wildman–Crippen LogP) is 0.251. The number of hydrogen-bond acceptors (Lipinski definition) is 4. The first-order valence-electron chi connectivity index (χ1n) is 5.10. The monoisotopic (exact) mass is 234 g/mol. The maximum atomic E-state index is 10.7. The van der Waals surface area contributed by atoms with Crippen LogP contribution in [0.1, 0.15) is 32.1 Å². The fraction of sp³-hybridized carbons (Fsp3) is 0.455. The van der Waals surface area contributed by atoms with Gasteiger partial charge in [-0.1, -0.05) is 0 Å². The summed E-state index contributed by atoms with van der Waals surface area (Å²) < 4.78 is 0. The molecule has 2 amide bonds. The maximum absolute atomic E-state index is 10.7. The van der Waals surface area contributed by atoms with Crippen molar-refractivity contribution in [2.75, 3.05) is 0 Å². The molecule has 0 bridgehead atoms. The van der Waals surface area contributed by atoms with Gasteiger partial charge < -0.3 is 11.5 Å². The fourth-order valence-electron chi connectivity index (χ4n) is 1.44. The zero-order chi connectivity index (χ0) is 13.3. The first kappa shape index (κ1) is 14.7. The Balaban J connectivity index is 0.000000366. The first-order valence-corrected chi connectivity index (χ1v) is 5.10. The molecule has 0 unspecified atom stereocenters. The Morgan fingerprint density at radius 2 is 1.71 bits per heavy atom. The van der Waals surface area contributed by atoms with E-state index in [4.69, 9.17) is 16.3 Å². The molecule has 0 heterocycles. The number of hydrogen-bond donors (Lipinski definition) is 2. The summed E-state index contributed by atoms with van der Waals surface area (Å²) in [5.41, 5.74) is 10.7. The molecule has 0 atom stereocenters. The number of nitrogens with two attached hydrogens (primary N) is 2. The molecule has 0 radical (unpaired) electrons. The topological polar surface area (TPSA) is 134 Å². The minimum Gasteiger partial charge on any atom is -0.369 e. The van der Waals surface area contributed by atoms with Crippen molar-refractivity contribution < 1.29 is 9.59 Å². The van der Waals surface area contributed by atoms with Gasteiger partial charge in [0.25, 0.3) is 5.91 Å². The molecule has 0 aromatic carbocycles. The number of amides is 2. The van der Waals surface area contributed by atoms with Crippen molar-refractivity contribution in [3.63, 3.8) is 0 Å². The zero-order valence-corrected chi connectivity index (χ0v) is 9.40. The van der Waals surface area contributed by atoms with Crippen LogP contribution in [0.3, 0.4) is 0 Å². The van der Waals surface area contributed by atoms with Gasteiger partial charge in [0.2, 0.25) is 5.91 Å². The van der Waals surface area contributed by atoms with Crippen molar-refractivity contribution in [1.82, 2.24) is 0 Å². The third kappa shape index (κ3) is 5.95. The first-order chi connectivity index (χ1) is 8.02. The maximum Gasteiger partial charge on any atom is 0.259 e. The SMILES string of the molecule is N#CC(C(N)=O)=C1CCCC1.N#CCC(N)=O. The van der Waals surface area contributed by atoms with Gasteiger partial charge in [-0.05, 0) is 31.3 Å². The van der Waals surface area contributed by atoms with Gasteiger partial charge in [0.05, 0.1) is 6.07 Å². The van der Waals surface area contributed by atoms with Crippen LogP contribution < -0.4 is 11.5 Å². The number of primary amides is 2. The molecule has 1 rings (SSSR count). The van der Waals surface area contributed by atoms with E-state index in [9.17, 15) is 9.59 Å². The number of allylic oxidation sites excluding steroid dienone is 1. The van der Waals surface area contributed by atoms with E-state index in [1.54, 1.807) is 6.07 Å². The fourth-order valence-corrected chi connectivity index (χ4v) is 1.44. The summed E-state index contributed by atoms with van der Waals surface area (Å²) >= 11 is 0. The Hall–Kier alpha value is -2.34. The number of rotatable bonds is 2. The van der Waals surface area contributed by atoms with E-state index in [-0.39, 0.29) is 12.0 Å². The molecule has 6 nitrogen and oxygen atoms in total. The number of carbonyl (C=O) groups is 2. The Morgan fingerprint density at radius 1 is 1.18 bits per heavy atom. The molecule has 0 aliphatic heterocycles.